The van der Waals surface area contributed by atoms with Gasteiger partial charge in [-0.3, -0.25) is 0 Å². The summed E-state index contributed by atoms with van der Waals surface area (Å²) in [5, 5.41) is 7.35. The van der Waals surface area contributed by atoms with Crippen LogP contribution >= 0.6 is 0 Å². The minimum atomic E-state index is 0.891. The molecule has 0 aromatic heterocycles. The Morgan fingerprint density at radius 1 is 0.235 bits per heavy atom. The molecule has 13 rings (SSSR count). The van der Waals surface area contributed by atoms with Gasteiger partial charge in [0.05, 0.1) is 0 Å². The third kappa shape index (κ3) is 6.90. The molecule has 318 valence electrons. The van der Waals surface area contributed by atoms with Gasteiger partial charge in [-0.2, -0.15) is 0 Å². The molecule has 1 heterocycles. The Morgan fingerprint density at radius 3 is 1.26 bits per heavy atom. The van der Waals surface area contributed by atoms with E-state index < -0.39 is 0 Å². The minimum absolute atomic E-state index is 0.891. The van der Waals surface area contributed by atoms with Crippen LogP contribution in [0.25, 0.3) is 99.1 Å². The number of anilines is 3. The highest BCUT2D eigenvalue weighted by molar-refractivity contribution is 6.10. The lowest BCUT2D eigenvalue weighted by atomic mass is 9.90. The van der Waals surface area contributed by atoms with Gasteiger partial charge in [-0.05, 0) is 137 Å². The Balaban J connectivity index is 0.866. The zero-order valence-electron chi connectivity index (χ0n) is 37.2. The van der Waals surface area contributed by atoms with Crippen LogP contribution in [0.1, 0.15) is 0 Å². The van der Waals surface area contributed by atoms with Crippen molar-refractivity contribution in [2.75, 3.05) is 4.90 Å². The van der Waals surface area contributed by atoms with Crippen molar-refractivity contribution in [2.24, 2.45) is 0 Å². The molecule has 0 radical (unpaired) electrons. The largest absolute Gasteiger partial charge is 0.456 e. The molecule has 0 atom stereocenters. The molecule has 2 heteroatoms. The van der Waals surface area contributed by atoms with E-state index in [0.29, 0.717) is 0 Å². The van der Waals surface area contributed by atoms with E-state index >= 15 is 0 Å². The van der Waals surface area contributed by atoms with Crippen LogP contribution < -0.4 is 9.64 Å². The molecule has 2 nitrogen and oxygen atoms in total. The summed E-state index contributed by atoms with van der Waals surface area (Å²) < 4.78 is 6.48. The van der Waals surface area contributed by atoms with E-state index in [0.717, 1.165) is 45.1 Å². The fourth-order valence-corrected chi connectivity index (χ4v) is 10.3. The Hall–Kier alpha value is -8.98. The number of hydrogen-bond acceptors (Lipinski definition) is 2. The van der Waals surface area contributed by atoms with Crippen molar-refractivity contribution in [3.8, 4) is 78.3 Å². The van der Waals surface area contributed by atoms with Crippen molar-refractivity contribution in [1.82, 2.24) is 0 Å². The third-order valence-electron chi connectivity index (χ3n) is 13.7. The highest BCUT2D eigenvalue weighted by Gasteiger charge is 2.22. The summed E-state index contributed by atoms with van der Waals surface area (Å²) in [5.41, 5.74) is 17.5. The lowest BCUT2D eigenvalue weighted by Crippen LogP contribution is -2.10. The number of hydrogen-bond donors (Lipinski definition) is 0. The van der Waals surface area contributed by atoms with Crippen LogP contribution in [0.3, 0.4) is 0 Å². The van der Waals surface area contributed by atoms with Crippen LogP contribution in [0.4, 0.5) is 17.1 Å². The summed E-state index contributed by atoms with van der Waals surface area (Å²) in [6, 6.07) is 94.4. The van der Waals surface area contributed by atoms with Gasteiger partial charge >= 0.3 is 0 Å². The molecular weight excluding hydrogens is 823 g/mol. The molecule has 0 saturated heterocycles. The molecule has 0 bridgehead atoms. The number of para-hydroxylation sites is 1. The van der Waals surface area contributed by atoms with Gasteiger partial charge < -0.3 is 9.64 Å². The van der Waals surface area contributed by atoms with Gasteiger partial charge in [0.1, 0.15) is 11.5 Å². The van der Waals surface area contributed by atoms with Crippen LogP contribution in [-0.2, 0) is 0 Å². The fourth-order valence-electron chi connectivity index (χ4n) is 10.3. The van der Waals surface area contributed by atoms with Gasteiger partial charge in [0.2, 0.25) is 0 Å². The van der Waals surface area contributed by atoms with Crippen LogP contribution in [0.15, 0.2) is 261 Å². The molecule has 0 saturated carbocycles. The Bertz CT molecular complexity index is 3670. The van der Waals surface area contributed by atoms with E-state index in [2.05, 4.69) is 254 Å². The molecule has 0 fully saturated rings. The van der Waals surface area contributed by atoms with Crippen LogP contribution in [-0.4, -0.2) is 0 Å². The number of benzene rings is 12. The maximum absolute atomic E-state index is 6.48. The maximum atomic E-state index is 6.48. The van der Waals surface area contributed by atoms with Crippen molar-refractivity contribution in [3.05, 3.63) is 261 Å². The molecular formula is C66H43NO. The van der Waals surface area contributed by atoms with Gasteiger partial charge in [-0.15, -0.1) is 0 Å². The summed E-state index contributed by atoms with van der Waals surface area (Å²) in [6.45, 7) is 0. The lowest BCUT2D eigenvalue weighted by molar-refractivity contribution is 0.487. The third-order valence-corrected chi connectivity index (χ3v) is 13.7. The number of ether oxygens (including phenoxy) is 1. The molecule has 12 aromatic carbocycles. The lowest BCUT2D eigenvalue weighted by Gasteiger charge is -2.27. The van der Waals surface area contributed by atoms with Crippen molar-refractivity contribution >= 4 is 49.4 Å². The first-order valence-electron chi connectivity index (χ1n) is 23.3. The standard InChI is InChI=1S/C66H43NO/c1-3-17-56-48(11-1)13-8-20-58(56)50-29-25-44(26-30-50)46-33-37-53(38-34-46)67(54-39-35-47(36-40-54)45-27-31-51(32-28-45)59-21-9-14-49-12-2-4-18-57(49)59)55-16-7-15-52(43-55)60-41-42-65-66-62(60)22-10-23-63(66)61-19-5-6-24-64(61)68-65/h1-43H. The average Bonchev–Trinajstić information content (AvgIpc) is 3.41. The predicted molar refractivity (Wildman–Crippen MR) is 286 cm³/mol. The first-order valence-corrected chi connectivity index (χ1v) is 23.3. The van der Waals surface area contributed by atoms with Crippen LogP contribution in [0.2, 0.25) is 0 Å². The molecule has 0 spiro atoms. The Morgan fingerprint density at radius 2 is 0.662 bits per heavy atom. The quantitative estimate of drug-likeness (QED) is 0.151. The minimum Gasteiger partial charge on any atom is -0.456 e. The van der Waals surface area contributed by atoms with Crippen molar-refractivity contribution in [2.45, 2.75) is 0 Å². The molecule has 68 heavy (non-hydrogen) atoms. The molecule has 0 aliphatic carbocycles. The second-order valence-electron chi connectivity index (χ2n) is 17.6. The molecule has 12 aromatic rings. The first kappa shape index (κ1) is 39.4. The van der Waals surface area contributed by atoms with Gasteiger partial charge in [-0.25, -0.2) is 0 Å². The second kappa shape index (κ2) is 16.5. The zero-order valence-corrected chi connectivity index (χ0v) is 37.2. The highest BCUT2D eigenvalue weighted by Crippen LogP contribution is 2.49. The Labute approximate surface area is 396 Å². The SMILES string of the molecule is c1cc(-c2ccc3c4c(cccc24)-c2ccccc2O3)cc(N(c2ccc(-c3ccc(-c4cccc5ccccc45)cc3)cc2)c2ccc(-c3ccc(-c4cccc5ccccc45)cc3)cc2)c1. The van der Waals surface area contributed by atoms with E-state index in [9.17, 15) is 0 Å². The van der Waals surface area contributed by atoms with E-state index in [1.54, 1.807) is 0 Å². The average molecular weight is 866 g/mol. The summed E-state index contributed by atoms with van der Waals surface area (Å²) >= 11 is 0. The van der Waals surface area contributed by atoms with Crippen molar-refractivity contribution in [1.29, 1.82) is 0 Å². The highest BCUT2D eigenvalue weighted by atomic mass is 16.5. The monoisotopic (exact) mass is 865 g/mol. The summed E-state index contributed by atoms with van der Waals surface area (Å²) in [5.74, 6) is 1.79. The number of nitrogens with zero attached hydrogens (tertiary/aromatic N) is 1. The van der Waals surface area contributed by atoms with E-state index in [4.69, 9.17) is 4.74 Å². The van der Waals surface area contributed by atoms with E-state index in [-0.39, 0.29) is 0 Å². The predicted octanol–water partition coefficient (Wildman–Crippen LogP) is 18.7. The smallest absolute Gasteiger partial charge is 0.135 e. The molecule has 0 N–H and O–H groups in total. The zero-order chi connectivity index (χ0) is 45.0. The van der Waals surface area contributed by atoms with E-state index in [1.807, 2.05) is 12.1 Å². The topological polar surface area (TPSA) is 12.5 Å². The second-order valence-corrected chi connectivity index (χ2v) is 17.6. The van der Waals surface area contributed by atoms with Crippen molar-refractivity contribution < 1.29 is 4.74 Å². The van der Waals surface area contributed by atoms with Gasteiger partial charge in [0, 0.05) is 28.0 Å². The van der Waals surface area contributed by atoms with Crippen LogP contribution in [0.5, 0.6) is 11.5 Å². The normalized spacial score (nSPS) is 11.6. The maximum Gasteiger partial charge on any atom is 0.135 e. The summed E-state index contributed by atoms with van der Waals surface area (Å²) in [6.07, 6.45) is 0. The molecule has 1 aliphatic rings. The fraction of sp³-hybridized carbons (Fsp3) is 0. The van der Waals surface area contributed by atoms with Crippen molar-refractivity contribution in [3.63, 3.8) is 0 Å². The molecule has 0 unspecified atom stereocenters. The molecule has 1 aliphatic heterocycles. The first-order chi connectivity index (χ1) is 33.7. The van der Waals surface area contributed by atoms with Gasteiger partial charge in [0.15, 0.2) is 0 Å². The van der Waals surface area contributed by atoms with Gasteiger partial charge in [0.25, 0.3) is 0 Å². The Kier molecular flexibility index (Phi) is 9.54. The van der Waals surface area contributed by atoms with Gasteiger partial charge in [-0.1, -0.05) is 212 Å². The van der Waals surface area contributed by atoms with E-state index in [1.165, 1.54) is 82.6 Å². The van der Waals surface area contributed by atoms with Crippen LogP contribution in [0, 0.1) is 0 Å². The number of fused-ring (bicyclic) bond motifs is 4. The number of rotatable bonds is 8. The molecule has 0 amide bonds. The summed E-state index contributed by atoms with van der Waals surface area (Å²) in [7, 11) is 0. The summed E-state index contributed by atoms with van der Waals surface area (Å²) in [4.78, 5) is 2.37.